The van der Waals surface area contributed by atoms with Crippen molar-refractivity contribution in [2.45, 2.75) is 70.8 Å². The van der Waals surface area contributed by atoms with Gasteiger partial charge in [0.1, 0.15) is 0 Å². The highest BCUT2D eigenvalue weighted by molar-refractivity contribution is 5.76. The molecule has 1 saturated carbocycles. The lowest BCUT2D eigenvalue weighted by Gasteiger charge is -2.26. The summed E-state index contributed by atoms with van der Waals surface area (Å²) >= 11 is 0. The van der Waals surface area contributed by atoms with Crippen LogP contribution < -0.4 is 10.6 Å². The van der Waals surface area contributed by atoms with Gasteiger partial charge >= 0.3 is 0 Å². The lowest BCUT2D eigenvalue weighted by Crippen LogP contribution is -2.40. The number of amides is 1. The highest BCUT2D eigenvalue weighted by Crippen LogP contribution is 2.25. The fourth-order valence-corrected chi connectivity index (χ4v) is 3.60. The first-order chi connectivity index (χ1) is 9.25. The van der Waals surface area contributed by atoms with Crippen molar-refractivity contribution >= 4 is 5.91 Å². The van der Waals surface area contributed by atoms with Gasteiger partial charge in [-0.05, 0) is 57.5 Å². The van der Waals surface area contributed by atoms with Crippen LogP contribution in [0.3, 0.4) is 0 Å². The van der Waals surface area contributed by atoms with Crippen molar-refractivity contribution in [2.75, 3.05) is 13.1 Å². The molecule has 2 atom stereocenters. The molecule has 0 aromatic carbocycles. The molecular weight excluding hydrogens is 236 g/mol. The smallest absolute Gasteiger partial charge is 0.220 e. The van der Waals surface area contributed by atoms with Crippen molar-refractivity contribution in [2.24, 2.45) is 11.8 Å². The van der Waals surface area contributed by atoms with Crippen LogP contribution in [0.5, 0.6) is 0 Å². The van der Waals surface area contributed by atoms with Gasteiger partial charge in [-0.2, -0.15) is 0 Å². The van der Waals surface area contributed by atoms with E-state index in [2.05, 4.69) is 17.6 Å². The van der Waals surface area contributed by atoms with Gasteiger partial charge in [-0.3, -0.25) is 4.79 Å². The molecule has 1 unspecified atom stereocenters. The monoisotopic (exact) mass is 266 g/mol. The van der Waals surface area contributed by atoms with Gasteiger partial charge in [0.05, 0.1) is 0 Å². The molecule has 0 spiro atoms. The third kappa shape index (κ3) is 5.13. The second-order valence-corrected chi connectivity index (χ2v) is 6.52. The Morgan fingerprint density at radius 3 is 2.53 bits per heavy atom. The minimum Gasteiger partial charge on any atom is -0.353 e. The zero-order chi connectivity index (χ0) is 13.5. The van der Waals surface area contributed by atoms with E-state index in [0.717, 1.165) is 13.1 Å². The maximum absolute atomic E-state index is 12.1. The predicted molar refractivity (Wildman–Crippen MR) is 79.0 cm³/mol. The largest absolute Gasteiger partial charge is 0.353 e. The molecule has 0 aromatic heterocycles. The molecule has 2 N–H and O–H groups in total. The van der Waals surface area contributed by atoms with Crippen LogP contribution in [0.15, 0.2) is 0 Å². The summed E-state index contributed by atoms with van der Waals surface area (Å²) in [6, 6.07) is 0.363. The Morgan fingerprint density at radius 1 is 1.16 bits per heavy atom. The number of carbonyl (C=O) groups is 1. The van der Waals surface area contributed by atoms with Crippen LogP contribution in [0, 0.1) is 11.8 Å². The van der Waals surface area contributed by atoms with Crippen molar-refractivity contribution in [1.82, 2.24) is 10.6 Å². The van der Waals surface area contributed by atoms with E-state index in [1.54, 1.807) is 0 Å². The average molecular weight is 266 g/mol. The van der Waals surface area contributed by atoms with Crippen LogP contribution in [0.2, 0.25) is 0 Å². The topological polar surface area (TPSA) is 41.1 Å². The van der Waals surface area contributed by atoms with E-state index in [9.17, 15) is 4.79 Å². The molecule has 1 aliphatic carbocycles. The molecule has 19 heavy (non-hydrogen) atoms. The fraction of sp³-hybridized carbons (Fsp3) is 0.938. The molecule has 2 aliphatic rings. The lowest BCUT2D eigenvalue weighted by atomic mass is 9.92. The van der Waals surface area contributed by atoms with Gasteiger partial charge in [-0.1, -0.05) is 25.7 Å². The van der Waals surface area contributed by atoms with Gasteiger partial charge in [-0.15, -0.1) is 0 Å². The summed E-state index contributed by atoms with van der Waals surface area (Å²) in [6.07, 6.45) is 11.2. The number of hydrogen-bond donors (Lipinski definition) is 2. The Bertz CT molecular complexity index is 266. The third-order valence-corrected chi connectivity index (χ3v) is 4.87. The summed E-state index contributed by atoms with van der Waals surface area (Å²) in [5.41, 5.74) is 0. The molecular formula is C16H30N2O. The summed E-state index contributed by atoms with van der Waals surface area (Å²) in [5, 5.41) is 6.64. The lowest BCUT2D eigenvalue weighted by molar-refractivity contribution is -0.123. The van der Waals surface area contributed by atoms with Gasteiger partial charge in [0, 0.05) is 12.5 Å². The van der Waals surface area contributed by atoms with E-state index in [1.165, 1.54) is 51.4 Å². The van der Waals surface area contributed by atoms with Crippen molar-refractivity contribution in [1.29, 1.82) is 0 Å². The maximum Gasteiger partial charge on any atom is 0.220 e. The van der Waals surface area contributed by atoms with E-state index in [4.69, 9.17) is 0 Å². The summed E-state index contributed by atoms with van der Waals surface area (Å²) in [6.45, 7) is 4.34. The van der Waals surface area contributed by atoms with Crippen molar-refractivity contribution in [3.8, 4) is 0 Å². The highest BCUT2D eigenvalue weighted by Gasteiger charge is 2.22. The number of nitrogens with one attached hydrogen (secondary N) is 2. The number of hydrogen-bond acceptors (Lipinski definition) is 2. The Balaban J connectivity index is 1.70. The molecule has 1 amide bonds. The van der Waals surface area contributed by atoms with Crippen LogP contribution in [-0.4, -0.2) is 25.0 Å². The minimum atomic E-state index is 0.269. The molecule has 2 fully saturated rings. The van der Waals surface area contributed by atoms with E-state index in [0.29, 0.717) is 24.3 Å². The molecule has 0 aromatic rings. The first-order valence-electron chi connectivity index (χ1n) is 8.26. The number of rotatable bonds is 4. The van der Waals surface area contributed by atoms with Gasteiger partial charge in [-0.25, -0.2) is 0 Å². The molecule has 0 bridgehead atoms. The van der Waals surface area contributed by atoms with Crippen LogP contribution in [0.25, 0.3) is 0 Å². The van der Waals surface area contributed by atoms with Gasteiger partial charge in [0.25, 0.3) is 0 Å². The van der Waals surface area contributed by atoms with E-state index in [1.807, 2.05) is 0 Å². The highest BCUT2D eigenvalue weighted by atomic mass is 16.1. The first kappa shape index (κ1) is 14.8. The van der Waals surface area contributed by atoms with Crippen LogP contribution >= 0.6 is 0 Å². The molecule has 1 saturated heterocycles. The van der Waals surface area contributed by atoms with Gasteiger partial charge in [0.2, 0.25) is 5.91 Å². The zero-order valence-corrected chi connectivity index (χ0v) is 12.4. The number of carbonyl (C=O) groups excluding carboxylic acids is 1. The predicted octanol–water partition coefficient (Wildman–Crippen LogP) is 2.85. The number of piperidine rings is 1. The Morgan fingerprint density at radius 2 is 1.89 bits per heavy atom. The van der Waals surface area contributed by atoms with Crippen LogP contribution in [0.4, 0.5) is 0 Å². The van der Waals surface area contributed by atoms with Crippen molar-refractivity contribution < 1.29 is 4.79 Å². The Kier molecular flexibility index (Phi) is 6.15. The van der Waals surface area contributed by atoms with Crippen LogP contribution in [-0.2, 0) is 4.79 Å². The Labute approximate surface area is 117 Å². The molecule has 1 heterocycles. The molecule has 110 valence electrons. The first-order valence-corrected chi connectivity index (χ1v) is 8.26. The molecule has 3 heteroatoms. The van der Waals surface area contributed by atoms with Crippen molar-refractivity contribution in [3.63, 3.8) is 0 Å². The second kappa shape index (κ2) is 7.88. The van der Waals surface area contributed by atoms with E-state index in [-0.39, 0.29) is 5.91 Å². The SMILES string of the molecule is C[C@@H](NC(=O)CC1CCCNC1)C1CCCCCC1. The van der Waals surface area contributed by atoms with Gasteiger partial charge < -0.3 is 10.6 Å². The average Bonchev–Trinajstić information content (AvgIpc) is 2.68. The maximum atomic E-state index is 12.1. The van der Waals surface area contributed by atoms with E-state index >= 15 is 0 Å². The minimum absolute atomic E-state index is 0.269. The Hall–Kier alpha value is -0.570. The van der Waals surface area contributed by atoms with E-state index < -0.39 is 0 Å². The molecule has 3 nitrogen and oxygen atoms in total. The van der Waals surface area contributed by atoms with Gasteiger partial charge in [0.15, 0.2) is 0 Å². The zero-order valence-electron chi connectivity index (χ0n) is 12.4. The summed E-state index contributed by atoms with van der Waals surface area (Å²) in [4.78, 5) is 12.1. The van der Waals surface area contributed by atoms with Crippen LogP contribution in [0.1, 0.15) is 64.7 Å². The summed E-state index contributed by atoms with van der Waals surface area (Å²) in [7, 11) is 0. The normalized spacial score (nSPS) is 27.5. The summed E-state index contributed by atoms with van der Waals surface area (Å²) < 4.78 is 0. The molecule has 0 radical (unpaired) electrons. The standard InChI is InChI=1S/C16H30N2O/c1-13(15-8-4-2-3-5-9-15)18-16(19)11-14-7-6-10-17-12-14/h13-15,17H,2-12H2,1H3,(H,18,19)/t13-,14?/m1/s1. The quantitative estimate of drug-likeness (QED) is 0.768. The third-order valence-electron chi connectivity index (χ3n) is 4.87. The van der Waals surface area contributed by atoms with Crippen molar-refractivity contribution in [3.05, 3.63) is 0 Å². The fourth-order valence-electron chi connectivity index (χ4n) is 3.60. The molecule has 1 aliphatic heterocycles. The molecule has 2 rings (SSSR count). The summed E-state index contributed by atoms with van der Waals surface area (Å²) in [5.74, 6) is 1.52. The second-order valence-electron chi connectivity index (χ2n) is 6.52.